The molecule has 0 aromatic carbocycles. The molecular weight excluding hydrogens is 256 g/mol. The quantitative estimate of drug-likeness (QED) is 0.513. The summed E-state index contributed by atoms with van der Waals surface area (Å²) in [5.74, 6) is 2.61. The van der Waals surface area contributed by atoms with Gasteiger partial charge in [-0.1, -0.05) is 47.0 Å². The maximum absolute atomic E-state index is 2.54. The van der Waals surface area contributed by atoms with Crippen LogP contribution in [0.15, 0.2) is 0 Å². The van der Waals surface area contributed by atoms with Crippen LogP contribution in [-0.4, -0.2) is 50.1 Å². The molecule has 0 aromatic rings. The molecule has 0 bridgehead atoms. The fraction of sp³-hybridized carbons (Fsp3) is 1.00. The molecule has 0 N–H and O–H groups in total. The zero-order chi connectivity index (χ0) is 16.4. The number of hydrogen-bond donors (Lipinski definition) is 0. The third-order valence-electron chi connectivity index (χ3n) is 5.47. The lowest BCUT2D eigenvalue weighted by molar-refractivity contribution is 0.200. The second-order valence-electron chi connectivity index (χ2n) is 7.76. The molecule has 0 fully saturated rings. The second kappa shape index (κ2) is 11.5. The lowest BCUT2D eigenvalue weighted by Crippen LogP contribution is -2.33. The minimum Gasteiger partial charge on any atom is -0.309 e. The van der Waals surface area contributed by atoms with Gasteiger partial charge in [0.2, 0.25) is 0 Å². The summed E-state index contributed by atoms with van der Waals surface area (Å²) in [6.45, 7) is 14.4. The molecule has 2 heteroatoms. The Hall–Kier alpha value is -0.0800. The fourth-order valence-corrected chi connectivity index (χ4v) is 2.61. The van der Waals surface area contributed by atoms with E-state index in [1.54, 1.807) is 0 Å². The van der Waals surface area contributed by atoms with E-state index in [1.165, 1.54) is 45.2 Å². The van der Waals surface area contributed by atoms with Crippen LogP contribution in [0.2, 0.25) is 0 Å². The summed E-state index contributed by atoms with van der Waals surface area (Å²) < 4.78 is 0. The highest BCUT2D eigenvalue weighted by molar-refractivity contribution is 4.69. The van der Waals surface area contributed by atoms with Gasteiger partial charge in [0.1, 0.15) is 0 Å². The number of nitrogens with zero attached hydrogens (tertiary/aromatic N) is 2. The maximum atomic E-state index is 2.54. The van der Waals surface area contributed by atoms with Gasteiger partial charge < -0.3 is 9.80 Å². The van der Waals surface area contributed by atoms with Gasteiger partial charge in [-0.3, -0.25) is 0 Å². The third-order valence-corrected chi connectivity index (χ3v) is 5.47. The minimum atomic E-state index is 0.690. The van der Waals surface area contributed by atoms with Gasteiger partial charge in [-0.15, -0.1) is 0 Å². The van der Waals surface area contributed by atoms with Crippen molar-refractivity contribution >= 4 is 0 Å². The molecule has 21 heavy (non-hydrogen) atoms. The molecule has 2 unspecified atom stereocenters. The Morgan fingerprint density at radius 1 is 0.714 bits per heavy atom. The molecule has 0 saturated carbocycles. The first-order chi connectivity index (χ1) is 9.77. The molecule has 128 valence electrons. The van der Waals surface area contributed by atoms with Crippen molar-refractivity contribution in [3.8, 4) is 0 Å². The molecule has 0 aliphatic carbocycles. The summed E-state index contributed by atoms with van der Waals surface area (Å²) in [7, 11) is 6.61. The molecule has 0 amide bonds. The molecule has 0 aliphatic heterocycles. The van der Waals surface area contributed by atoms with Crippen LogP contribution in [0.3, 0.4) is 0 Å². The largest absolute Gasteiger partial charge is 0.309 e. The predicted octanol–water partition coefficient (Wildman–Crippen LogP) is 4.75. The van der Waals surface area contributed by atoms with Crippen molar-refractivity contribution < 1.29 is 0 Å². The van der Waals surface area contributed by atoms with Crippen molar-refractivity contribution in [2.45, 2.75) is 72.8 Å². The molecule has 0 spiro atoms. The average molecular weight is 299 g/mol. The van der Waals surface area contributed by atoms with Gasteiger partial charge in [0.05, 0.1) is 0 Å². The molecular formula is C19H42N2. The maximum Gasteiger partial charge on any atom is 0.00760 e. The van der Waals surface area contributed by atoms with E-state index >= 15 is 0 Å². The van der Waals surface area contributed by atoms with E-state index in [0.29, 0.717) is 6.04 Å². The van der Waals surface area contributed by atoms with Gasteiger partial charge >= 0.3 is 0 Å². The highest BCUT2D eigenvalue weighted by atomic mass is 15.1. The van der Waals surface area contributed by atoms with Crippen molar-refractivity contribution in [1.29, 1.82) is 0 Å². The van der Waals surface area contributed by atoms with Crippen LogP contribution in [0.25, 0.3) is 0 Å². The molecule has 0 aromatic heterocycles. The molecule has 0 saturated heterocycles. The predicted molar refractivity (Wildman–Crippen MR) is 96.9 cm³/mol. The Morgan fingerprint density at radius 3 is 1.81 bits per heavy atom. The van der Waals surface area contributed by atoms with Crippen LogP contribution in [-0.2, 0) is 0 Å². The molecule has 0 rings (SSSR count). The summed E-state index contributed by atoms with van der Waals surface area (Å²) in [6, 6.07) is 0.690. The van der Waals surface area contributed by atoms with Crippen molar-refractivity contribution in [2.24, 2.45) is 17.8 Å². The number of hydrogen-bond acceptors (Lipinski definition) is 2. The summed E-state index contributed by atoms with van der Waals surface area (Å²) in [5.41, 5.74) is 0. The van der Waals surface area contributed by atoms with Crippen LogP contribution in [0.4, 0.5) is 0 Å². The van der Waals surface area contributed by atoms with Gasteiger partial charge in [-0.2, -0.15) is 0 Å². The van der Waals surface area contributed by atoms with E-state index in [-0.39, 0.29) is 0 Å². The first kappa shape index (κ1) is 20.9. The Balaban J connectivity index is 3.91. The zero-order valence-corrected chi connectivity index (χ0v) is 16.2. The topological polar surface area (TPSA) is 6.48 Å². The van der Waals surface area contributed by atoms with Gasteiger partial charge in [0.15, 0.2) is 0 Å². The van der Waals surface area contributed by atoms with Crippen molar-refractivity contribution in [3.63, 3.8) is 0 Å². The molecule has 4 atom stereocenters. The second-order valence-corrected chi connectivity index (χ2v) is 7.76. The lowest BCUT2D eigenvalue weighted by atomic mass is 9.86. The van der Waals surface area contributed by atoms with Crippen LogP contribution < -0.4 is 0 Å². The molecule has 0 aliphatic rings. The Morgan fingerprint density at radius 2 is 1.29 bits per heavy atom. The van der Waals surface area contributed by atoms with Gasteiger partial charge in [-0.05, 0) is 71.8 Å². The van der Waals surface area contributed by atoms with Crippen molar-refractivity contribution in [1.82, 2.24) is 9.80 Å². The molecule has 0 radical (unpaired) electrons. The monoisotopic (exact) mass is 298 g/mol. The average Bonchev–Trinajstić information content (AvgIpc) is 2.46. The lowest BCUT2D eigenvalue weighted by Gasteiger charge is -2.28. The minimum absolute atomic E-state index is 0.690. The molecule has 2 nitrogen and oxygen atoms in total. The van der Waals surface area contributed by atoms with Crippen molar-refractivity contribution in [2.75, 3.05) is 34.2 Å². The summed E-state index contributed by atoms with van der Waals surface area (Å²) >= 11 is 0. The number of rotatable bonds is 12. The van der Waals surface area contributed by atoms with Crippen LogP contribution in [0.5, 0.6) is 0 Å². The van der Waals surface area contributed by atoms with E-state index in [0.717, 1.165) is 17.8 Å². The summed E-state index contributed by atoms with van der Waals surface area (Å²) in [5, 5.41) is 0. The Bertz CT molecular complexity index is 240. The first-order valence-corrected chi connectivity index (χ1v) is 9.12. The van der Waals surface area contributed by atoms with E-state index in [1.807, 2.05) is 0 Å². The Labute approximate surface area is 135 Å². The fourth-order valence-electron chi connectivity index (χ4n) is 2.61. The van der Waals surface area contributed by atoms with E-state index in [9.17, 15) is 0 Å². The van der Waals surface area contributed by atoms with Crippen molar-refractivity contribution in [3.05, 3.63) is 0 Å². The highest BCUT2D eigenvalue weighted by Gasteiger charge is 2.16. The first-order valence-electron chi connectivity index (χ1n) is 9.12. The van der Waals surface area contributed by atoms with Crippen LogP contribution in [0, 0.1) is 17.8 Å². The van der Waals surface area contributed by atoms with E-state index in [4.69, 9.17) is 0 Å². The smallest absolute Gasteiger partial charge is 0.00760 e. The SMILES string of the molecule is CC[C@@H](C)CC[C@H](C)C(C)CCN(C)C(C)CCN(C)C. The van der Waals surface area contributed by atoms with Gasteiger partial charge in [0, 0.05) is 6.04 Å². The summed E-state index contributed by atoms with van der Waals surface area (Å²) in [6.07, 6.45) is 6.73. The zero-order valence-electron chi connectivity index (χ0n) is 16.2. The van der Waals surface area contributed by atoms with Gasteiger partial charge in [0.25, 0.3) is 0 Å². The van der Waals surface area contributed by atoms with E-state index < -0.39 is 0 Å². The van der Waals surface area contributed by atoms with E-state index in [2.05, 4.69) is 65.6 Å². The molecule has 0 heterocycles. The summed E-state index contributed by atoms with van der Waals surface area (Å²) in [4.78, 5) is 4.82. The Kier molecular flexibility index (Phi) is 11.4. The van der Waals surface area contributed by atoms with Gasteiger partial charge in [-0.25, -0.2) is 0 Å². The normalized spacial score (nSPS) is 18.0. The highest BCUT2D eigenvalue weighted by Crippen LogP contribution is 2.23. The van der Waals surface area contributed by atoms with Crippen LogP contribution >= 0.6 is 0 Å². The third kappa shape index (κ3) is 10.3. The standard InChI is InChI=1S/C19H42N2/c1-9-16(2)10-11-17(3)18(4)12-15-21(8)19(5)13-14-20(6)7/h16-19H,9-15H2,1-8H3/t16-,17+,18?,19?/m1/s1. The van der Waals surface area contributed by atoms with Crippen LogP contribution in [0.1, 0.15) is 66.7 Å².